The lowest BCUT2D eigenvalue weighted by Gasteiger charge is -2.19. The number of epoxide rings is 1. The molecule has 0 aromatic rings. The summed E-state index contributed by atoms with van der Waals surface area (Å²) in [6, 6.07) is 0. The lowest BCUT2D eigenvalue weighted by molar-refractivity contribution is -0.232. The van der Waals surface area contributed by atoms with E-state index in [0.29, 0.717) is 6.61 Å². The van der Waals surface area contributed by atoms with E-state index in [-0.39, 0.29) is 18.7 Å². The van der Waals surface area contributed by atoms with Crippen LogP contribution in [0.4, 0.5) is 0 Å². The lowest BCUT2D eigenvalue weighted by atomic mass is 10.5. The first-order valence-electron chi connectivity index (χ1n) is 5.22. The lowest BCUT2D eigenvalue weighted by Crippen LogP contribution is -2.23. The molecule has 84 valence electrons. The second kappa shape index (κ2) is 6.35. The summed E-state index contributed by atoms with van der Waals surface area (Å²) >= 11 is 0. The Morgan fingerprint density at radius 3 is 2.50 bits per heavy atom. The van der Waals surface area contributed by atoms with E-state index in [1.165, 1.54) is 0 Å². The second-order valence-electron chi connectivity index (χ2n) is 3.43. The molecule has 1 fully saturated rings. The van der Waals surface area contributed by atoms with E-state index in [4.69, 9.17) is 18.9 Å². The van der Waals surface area contributed by atoms with Gasteiger partial charge in [-0.25, -0.2) is 0 Å². The van der Waals surface area contributed by atoms with Gasteiger partial charge in [-0.2, -0.15) is 0 Å². The first kappa shape index (κ1) is 11.9. The van der Waals surface area contributed by atoms with Crippen molar-refractivity contribution in [2.45, 2.75) is 45.9 Å². The van der Waals surface area contributed by atoms with Gasteiger partial charge in [0, 0.05) is 6.61 Å². The molecule has 0 radical (unpaired) electrons. The minimum atomic E-state index is -0.231. The van der Waals surface area contributed by atoms with Crippen molar-refractivity contribution < 1.29 is 18.9 Å². The highest BCUT2D eigenvalue weighted by Crippen LogP contribution is 2.11. The molecule has 14 heavy (non-hydrogen) atoms. The van der Waals surface area contributed by atoms with E-state index in [9.17, 15) is 0 Å². The van der Waals surface area contributed by atoms with Crippen LogP contribution in [0, 0.1) is 0 Å². The van der Waals surface area contributed by atoms with Gasteiger partial charge in [-0.1, -0.05) is 6.92 Å². The minimum absolute atomic E-state index is 0.204. The Balaban J connectivity index is 1.96. The molecule has 0 spiro atoms. The van der Waals surface area contributed by atoms with Crippen molar-refractivity contribution in [3.05, 3.63) is 0 Å². The fraction of sp³-hybridized carbons (Fsp3) is 1.00. The Hall–Kier alpha value is -0.160. The Morgan fingerprint density at radius 1 is 1.29 bits per heavy atom. The fourth-order valence-corrected chi connectivity index (χ4v) is 1.04. The summed E-state index contributed by atoms with van der Waals surface area (Å²) in [7, 11) is 0. The van der Waals surface area contributed by atoms with Crippen LogP contribution in [0.2, 0.25) is 0 Å². The van der Waals surface area contributed by atoms with Gasteiger partial charge in [-0.05, 0) is 20.3 Å². The van der Waals surface area contributed by atoms with Gasteiger partial charge in [-0.15, -0.1) is 0 Å². The van der Waals surface area contributed by atoms with E-state index < -0.39 is 0 Å². The van der Waals surface area contributed by atoms with E-state index in [0.717, 1.165) is 19.6 Å². The van der Waals surface area contributed by atoms with Gasteiger partial charge in [-0.3, -0.25) is 0 Å². The maximum Gasteiger partial charge on any atom is 0.158 e. The highest BCUT2D eigenvalue weighted by Gasteiger charge is 2.23. The fourth-order valence-electron chi connectivity index (χ4n) is 1.04. The van der Waals surface area contributed by atoms with Crippen LogP contribution in [0.25, 0.3) is 0 Å². The van der Waals surface area contributed by atoms with Gasteiger partial charge in [0.2, 0.25) is 0 Å². The van der Waals surface area contributed by atoms with Crippen LogP contribution in [0.1, 0.15) is 27.2 Å². The summed E-state index contributed by atoms with van der Waals surface area (Å²) in [6.45, 7) is 7.96. The quantitative estimate of drug-likeness (QED) is 0.444. The number of ether oxygens (including phenoxy) is 4. The van der Waals surface area contributed by atoms with Gasteiger partial charge in [0.1, 0.15) is 6.10 Å². The van der Waals surface area contributed by atoms with Gasteiger partial charge in [0.05, 0.1) is 13.2 Å². The zero-order chi connectivity index (χ0) is 10.4. The largest absolute Gasteiger partial charge is 0.371 e. The minimum Gasteiger partial charge on any atom is -0.371 e. The molecule has 1 heterocycles. The Labute approximate surface area is 85.5 Å². The molecule has 1 rings (SSSR count). The van der Waals surface area contributed by atoms with Crippen molar-refractivity contribution in [3.63, 3.8) is 0 Å². The van der Waals surface area contributed by atoms with Crippen LogP contribution in [-0.2, 0) is 18.9 Å². The smallest absolute Gasteiger partial charge is 0.158 e. The third-order valence-electron chi connectivity index (χ3n) is 1.86. The molecule has 0 aromatic carbocycles. The molecule has 4 heteroatoms. The van der Waals surface area contributed by atoms with Crippen molar-refractivity contribution in [3.8, 4) is 0 Å². The first-order chi connectivity index (χ1) is 6.72. The molecule has 3 atom stereocenters. The average molecular weight is 204 g/mol. The maximum absolute atomic E-state index is 5.43. The second-order valence-corrected chi connectivity index (χ2v) is 3.43. The summed E-state index contributed by atoms with van der Waals surface area (Å²) in [5.41, 5.74) is 0. The monoisotopic (exact) mass is 204 g/mol. The predicted molar refractivity (Wildman–Crippen MR) is 51.9 cm³/mol. The summed E-state index contributed by atoms with van der Waals surface area (Å²) in [5, 5.41) is 0. The van der Waals surface area contributed by atoms with Gasteiger partial charge in [0.25, 0.3) is 0 Å². The van der Waals surface area contributed by atoms with E-state index in [2.05, 4.69) is 6.92 Å². The van der Waals surface area contributed by atoms with Crippen LogP contribution in [-0.4, -0.2) is 38.5 Å². The molecule has 1 saturated heterocycles. The normalized spacial score (nSPS) is 24.6. The third-order valence-corrected chi connectivity index (χ3v) is 1.86. The topological polar surface area (TPSA) is 40.2 Å². The van der Waals surface area contributed by atoms with Crippen LogP contribution >= 0.6 is 0 Å². The zero-order valence-electron chi connectivity index (χ0n) is 9.19. The first-order valence-corrected chi connectivity index (χ1v) is 5.22. The van der Waals surface area contributed by atoms with Crippen LogP contribution in [0.15, 0.2) is 0 Å². The molecule has 1 aliphatic rings. The summed E-state index contributed by atoms with van der Waals surface area (Å²) in [4.78, 5) is 0. The predicted octanol–water partition coefficient (Wildman–Crippen LogP) is 1.54. The molecular weight excluding hydrogens is 184 g/mol. The molecule has 4 nitrogen and oxygen atoms in total. The Bertz CT molecular complexity index is 147. The summed E-state index contributed by atoms with van der Waals surface area (Å²) in [6.07, 6.45) is 0.850. The van der Waals surface area contributed by atoms with Crippen molar-refractivity contribution in [2.24, 2.45) is 0 Å². The van der Waals surface area contributed by atoms with Gasteiger partial charge >= 0.3 is 0 Å². The SMILES string of the molecule is CCCOC(C)OC(C)OCC1CO1. The van der Waals surface area contributed by atoms with Crippen molar-refractivity contribution >= 4 is 0 Å². The van der Waals surface area contributed by atoms with Crippen LogP contribution < -0.4 is 0 Å². The van der Waals surface area contributed by atoms with Crippen LogP contribution in [0.3, 0.4) is 0 Å². The molecule has 0 N–H and O–H groups in total. The van der Waals surface area contributed by atoms with Crippen LogP contribution in [0.5, 0.6) is 0 Å². The molecule has 0 aliphatic carbocycles. The molecule has 0 amide bonds. The van der Waals surface area contributed by atoms with E-state index in [1.54, 1.807) is 0 Å². The molecule has 0 bridgehead atoms. The average Bonchev–Trinajstić information content (AvgIpc) is 2.95. The van der Waals surface area contributed by atoms with Crippen molar-refractivity contribution in [2.75, 3.05) is 19.8 Å². The van der Waals surface area contributed by atoms with E-state index >= 15 is 0 Å². The molecule has 3 unspecified atom stereocenters. The van der Waals surface area contributed by atoms with Crippen molar-refractivity contribution in [1.29, 1.82) is 0 Å². The molecule has 0 aromatic heterocycles. The number of hydrogen-bond donors (Lipinski definition) is 0. The third kappa shape index (κ3) is 5.54. The Kier molecular flexibility index (Phi) is 5.40. The van der Waals surface area contributed by atoms with E-state index in [1.807, 2.05) is 13.8 Å². The van der Waals surface area contributed by atoms with Gasteiger partial charge < -0.3 is 18.9 Å². The number of hydrogen-bond acceptors (Lipinski definition) is 4. The summed E-state index contributed by atoms with van der Waals surface area (Å²) < 4.78 is 21.2. The van der Waals surface area contributed by atoms with Crippen molar-refractivity contribution in [1.82, 2.24) is 0 Å². The molecule has 1 aliphatic heterocycles. The highest BCUT2D eigenvalue weighted by atomic mass is 16.8. The zero-order valence-corrected chi connectivity index (χ0v) is 9.19. The molecule has 0 saturated carbocycles. The maximum atomic E-state index is 5.43. The standard InChI is InChI=1S/C10H20O4/c1-4-5-11-8(2)14-9(3)12-6-10-7-13-10/h8-10H,4-7H2,1-3H3. The molecular formula is C10H20O4. The Morgan fingerprint density at radius 2 is 1.93 bits per heavy atom. The summed E-state index contributed by atoms with van der Waals surface area (Å²) in [5.74, 6) is 0. The van der Waals surface area contributed by atoms with Gasteiger partial charge in [0.15, 0.2) is 12.6 Å². The number of rotatable bonds is 8. The highest BCUT2D eigenvalue weighted by molar-refractivity contribution is 4.67.